The third-order valence-corrected chi connectivity index (χ3v) is 10.8. The molecule has 2 heterocycles. The summed E-state index contributed by atoms with van der Waals surface area (Å²) in [5.74, 6) is 2.81. The Morgan fingerprint density at radius 2 is 0.981 bits per heavy atom. The van der Waals surface area contributed by atoms with Gasteiger partial charge in [-0.3, -0.25) is 0 Å². The van der Waals surface area contributed by atoms with Gasteiger partial charge in [-0.15, -0.1) is 0 Å². The quantitative estimate of drug-likeness (QED) is 0.186. The second-order valence-electron chi connectivity index (χ2n) is 14.0. The molecule has 1 aromatic heterocycles. The fourth-order valence-electron chi connectivity index (χ4n) is 8.63. The van der Waals surface area contributed by atoms with Gasteiger partial charge < -0.3 is 0 Å². The highest BCUT2D eigenvalue weighted by atomic mass is 15.0. The average Bonchev–Trinajstić information content (AvgIpc) is 3.66. The highest BCUT2D eigenvalue weighted by Crippen LogP contribution is 2.63. The van der Waals surface area contributed by atoms with Crippen molar-refractivity contribution in [2.75, 3.05) is 0 Å². The zero-order valence-corrected chi connectivity index (χ0v) is 29.6. The SMILES string of the molecule is CC1=N/C(c2ccccc2)=C\CC/C(c2ccc3c(c2)C2(c4ccccc4-c4ccccc42)c2cc(-c4nc(C)nc(-c5ccccc5)n4)ccc2-3)=N\1. The van der Waals surface area contributed by atoms with Crippen LogP contribution < -0.4 is 0 Å². The summed E-state index contributed by atoms with van der Waals surface area (Å²) in [5.41, 5.74) is 15.8. The van der Waals surface area contributed by atoms with E-state index in [9.17, 15) is 0 Å². The Bertz CT molecular complexity index is 2640. The van der Waals surface area contributed by atoms with Crippen molar-refractivity contribution in [2.45, 2.75) is 32.1 Å². The number of rotatable bonds is 4. The van der Waals surface area contributed by atoms with E-state index in [4.69, 9.17) is 24.9 Å². The molecule has 0 N–H and O–H groups in total. The number of allylic oxidation sites excluding steroid dienone is 1. The fraction of sp³-hybridized carbons (Fsp3) is 0.104. The molecule has 0 fully saturated rings. The molecule has 5 nitrogen and oxygen atoms in total. The zero-order valence-electron chi connectivity index (χ0n) is 29.6. The molecule has 0 bridgehead atoms. The van der Waals surface area contributed by atoms with E-state index in [1.807, 2.05) is 50.2 Å². The molecule has 1 aliphatic heterocycles. The van der Waals surface area contributed by atoms with Gasteiger partial charge in [0.1, 0.15) is 11.7 Å². The number of aliphatic imine (C=N–C) groups is 2. The lowest BCUT2D eigenvalue weighted by Crippen LogP contribution is -2.26. The van der Waals surface area contributed by atoms with Gasteiger partial charge in [-0.25, -0.2) is 24.9 Å². The summed E-state index contributed by atoms with van der Waals surface area (Å²) >= 11 is 0. The highest BCUT2D eigenvalue weighted by Gasteiger charge is 2.51. The van der Waals surface area contributed by atoms with Crippen molar-refractivity contribution < 1.29 is 0 Å². The second-order valence-corrected chi connectivity index (χ2v) is 14.0. The van der Waals surface area contributed by atoms with Gasteiger partial charge in [0.15, 0.2) is 11.6 Å². The topological polar surface area (TPSA) is 63.4 Å². The van der Waals surface area contributed by atoms with E-state index in [2.05, 4.69) is 115 Å². The third kappa shape index (κ3) is 4.96. The molecule has 0 unspecified atom stereocenters. The van der Waals surface area contributed by atoms with Gasteiger partial charge in [-0.2, -0.15) is 0 Å². The van der Waals surface area contributed by atoms with Crippen LogP contribution in [0.5, 0.6) is 0 Å². The molecule has 0 radical (unpaired) electrons. The molecule has 6 aromatic carbocycles. The Balaban J connectivity index is 1.16. The maximum absolute atomic E-state index is 5.16. The van der Waals surface area contributed by atoms with E-state index in [1.54, 1.807) is 0 Å². The number of benzene rings is 6. The van der Waals surface area contributed by atoms with E-state index in [0.717, 1.165) is 52.3 Å². The monoisotopic (exact) mass is 681 g/mol. The minimum Gasteiger partial charge on any atom is -0.238 e. The number of nitrogens with zero attached hydrogens (tertiary/aromatic N) is 5. The second kappa shape index (κ2) is 12.3. The van der Waals surface area contributed by atoms with E-state index < -0.39 is 5.41 Å². The van der Waals surface area contributed by atoms with Crippen molar-refractivity contribution in [3.63, 3.8) is 0 Å². The molecule has 10 rings (SSSR count). The maximum atomic E-state index is 5.16. The molecule has 0 saturated carbocycles. The Hall–Kier alpha value is -6.59. The van der Waals surface area contributed by atoms with Gasteiger partial charge in [0.2, 0.25) is 0 Å². The number of aryl methyl sites for hydroxylation is 1. The maximum Gasteiger partial charge on any atom is 0.163 e. The molecule has 1 spiro atoms. The zero-order chi connectivity index (χ0) is 35.5. The van der Waals surface area contributed by atoms with Gasteiger partial charge in [0.05, 0.1) is 16.8 Å². The lowest BCUT2D eigenvalue weighted by atomic mass is 9.70. The molecule has 252 valence electrons. The first kappa shape index (κ1) is 31.2. The van der Waals surface area contributed by atoms with E-state index in [1.165, 1.54) is 44.5 Å². The van der Waals surface area contributed by atoms with Crippen LogP contribution >= 0.6 is 0 Å². The normalized spacial score (nSPS) is 17.9. The van der Waals surface area contributed by atoms with Gasteiger partial charge in [0.25, 0.3) is 0 Å². The molecule has 5 heteroatoms. The van der Waals surface area contributed by atoms with E-state index in [-0.39, 0.29) is 0 Å². The first-order chi connectivity index (χ1) is 26.1. The molecule has 0 amide bonds. The van der Waals surface area contributed by atoms with Gasteiger partial charge in [-0.05, 0) is 94.5 Å². The fourth-order valence-corrected chi connectivity index (χ4v) is 8.63. The van der Waals surface area contributed by atoms with Crippen molar-refractivity contribution in [1.29, 1.82) is 0 Å². The smallest absolute Gasteiger partial charge is 0.163 e. The van der Waals surface area contributed by atoms with Crippen molar-refractivity contribution in [3.05, 3.63) is 191 Å². The summed E-state index contributed by atoms with van der Waals surface area (Å²) in [6, 6.07) is 52.1. The minimum absolute atomic E-state index is 0.528. The molecule has 7 aromatic rings. The first-order valence-electron chi connectivity index (χ1n) is 18.2. The van der Waals surface area contributed by atoms with Crippen molar-refractivity contribution in [2.24, 2.45) is 9.98 Å². The molecular weight excluding hydrogens is 647 g/mol. The third-order valence-electron chi connectivity index (χ3n) is 10.8. The largest absolute Gasteiger partial charge is 0.238 e. The minimum atomic E-state index is -0.528. The number of hydrogen-bond donors (Lipinski definition) is 0. The average molecular weight is 682 g/mol. The van der Waals surface area contributed by atoms with Crippen molar-refractivity contribution >= 4 is 17.2 Å². The standard InChI is InChI=1S/C48H35N5/c1-30-49-44(32-14-5-3-6-15-32)22-13-23-45(50-30)34-24-26-38-39-27-25-35(47-52-31(2)51-46(53-47)33-16-7-4-8-17-33)29-43(39)48(42(38)28-34)40-20-11-9-18-36(40)37-19-10-12-21-41(37)48/h3-12,14-22,24-29H,13,23H2,1-2H3/b44-22-,49-30-,50-45+. The Kier molecular flexibility index (Phi) is 7.22. The number of aromatic nitrogens is 3. The van der Waals surface area contributed by atoms with Crippen LogP contribution in [0.15, 0.2) is 162 Å². The molecular formula is C48H35N5. The van der Waals surface area contributed by atoms with Crippen LogP contribution in [0.3, 0.4) is 0 Å². The molecule has 2 aliphatic carbocycles. The predicted octanol–water partition coefficient (Wildman–Crippen LogP) is 10.9. The van der Waals surface area contributed by atoms with Crippen molar-refractivity contribution in [1.82, 2.24) is 15.0 Å². The Morgan fingerprint density at radius 1 is 0.453 bits per heavy atom. The predicted molar refractivity (Wildman–Crippen MR) is 215 cm³/mol. The van der Waals surface area contributed by atoms with Gasteiger partial charge in [0, 0.05) is 11.1 Å². The van der Waals surface area contributed by atoms with Crippen LogP contribution in [0.4, 0.5) is 0 Å². The van der Waals surface area contributed by atoms with Gasteiger partial charge in [-0.1, -0.05) is 140 Å². The summed E-state index contributed by atoms with van der Waals surface area (Å²) < 4.78 is 0. The summed E-state index contributed by atoms with van der Waals surface area (Å²) in [4.78, 5) is 24.7. The summed E-state index contributed by atoms with van der Waals surface area (Å²) in [6.45, 7) is 3.94. The molecule has 3 aliphatic rings. The van der Waals surface area contributed by atoms with Crippen LogP contribution in [0.1, 0.15) is 59.0 Å². The lowest BCUT2D eigenvalue weighted by Gasteiger charge is -2.31. The highest BCUT2D eigenvalue weighted by molar-refractivity contribution is 6.09. The molecule has 0 atom stereocenters. The summed E-state index contributed by atoms with van der Waals surface area (Å²) in [5, 5.41) is 0. The first-order valence-corrected chi connectivity index (χ1v) is 18.2. The van der Waals surface area contributed by atoms with Crippen LogP contribution in [-0.4, -0.2) is 26.5 Å². The number of hydrogen-bond acceptors (Lipinski definition) is 5. The lowest BCUT2D eigenvalue weighted by molar-refractivity contribution is 0.793. The van der Waals surface area contributed by atoms with Crippen LogP contribution in [0.25, 0.3) is 50.7 Å². The van der Waals surface area contributed by atoms with Crippen LogP contribution in [0, 0.1) is 6.92 Å². The van der Waals surface area contributed by atoms with Crippen molar-refractivity contribution in [3.8, 4) is 45.0 Å². The number of amidine groups is 1. The molecule has 0 saturated heterocycles. The Morgan fingerprint density at radius 3 is 1.64 bits per heavy atom. The van der Waals surface area contributed by atoms with Gasteiger partial charge >= 0.3 is 0 Å². The van der Waals surface area contributed by atoms with Crippen LogP contribution in [0.2, 0.25) is 0 Å². The summed E-state index contributed by atoms with van der Waals surface area (Å²) in [7, 11) is 0. The summed E-state index contributed by atoms with van der Waals surface area (Å²) in [6.07, 6.45) is 3.92. The molecule has 53 heavy (non-hydrogen) atoms. The van der Waals surface area contributed by atoms with E-state index in [0.29, 0.717) is 17.5 Å². The van der Waals surface area contributed by atoms with E-state index >= 15 is 0 Å². The van der Waals surface area contributed by atoms with Crippen LogP contribution in [-0.2, 0) is 5.41 Å². The Labute approximate surface area is 309 Å². The number of fused-ring (bicyclic) bond motifs is 10.